The van der Waals surface area contributed by atoms with Crippen molar-refractivity contribution in [1.29, 1.82) is 0 Å². The predicted octanol–water partition coefficient (Wildman–Crippen LogP) is 4.86. The molecule has 162 valence electrons. The lowest BCUT2D eigenvalue weighted by Crippen LogP contribution is -2.13. The second-order valence-electron chi connectivity index (χ2n) is 6.87. The summed E-state index contributed by atoms with van der Waals surface area (Å²) in [5.74, 6) is 0.712. The molecule has 0 fully saturated rings. The summed E-state index contributed by atoms with van der Waals surface area (Å²) in [5.41, 5.74) is 1.47. The van der Waals surface area contributed by atoms with E-state index in [2.05, 4.69) is 31.7 Å². The number of hydrogen-bond donors (Lipinski definition) is 2. The van der Waals surface area contributed by atoms with Crippen LogP contribution in [-0.2, 0) is 13.7 Å². The highest BCUT2D eigenvalue weighted by atomic mass is 79.9. The zero-order chi connectivity index (χ0) is 22.5. The highest BCUT2D eigenvalue weighted by Gasteiger charge is 2.13. The van der Waals surface area contributed by atoms with Crippen molar-refractivity contribution in [3.63, 3.8) is 0 Å². The summed E-state index contributed by atoms with van der Waals surface area (Å²) >= 11 is 3.37. The Labute approximate surface area is 192 Å². The van der Waals surface area contributed by atoms with Gasteiger partial charge in [-0.25, -0.2) is 0 Å². The fourth-order valence-electron chi connectivity index (χ4n) is 2.82. The molecule has 9 heteroatoms. The standard InChI is InChI=1S/C23H19BrN4O4/c1-28-13-12-20(27-28)22(29)25-16-4-6-17(7-5-16)26-23(30)21-11-10-19(32-21)14-31-18-8-2-15(24)3-9-18/h2-13H,14H2,1H3,(H,25,29)(H,26,30). The lowest BCUT2D eigenvalue weighted by atomic mass is 10.2. The average Bonchev–Trinajstić information content (AvgIpc) is 3.44. The van der Waals surface area contributed by atoms with Crippen molar-refractivity contribution in [3.05, 3.63) is 94.6 Å². The van der Waals surface area contributed by atoms with Gasteiger partial charge in [-0.15, -0.1) is 0 Å². The van der Waals surface area contributed by atoms with Crippen molar-refractivity contribution in [2.75, 3.05) is 10.6 Å². The first-order chi connectivity index (χ1) is 15.5. The van der Waals surface area contributed by atoms with E-state index in [4.69, 9.17) is 9.15 Å². The summed E-state index contributed by atoms with van der Waals surface area (Å²) in [7, 11) is 1.74. The van der Waals surface area contributed by atoms with Crippen molar-refractivity contribution in [1.82, 2.24) is 9.78 Å². The summed E-state index contributed by atoms with van der Waals surface area (Å²) < 4.78 is 13.7. The molecule has 2 aromatic heterocycles. The maximum atomic E-state index is 12.5. The normalized spacial score (nSPS) is 10.6. The Morgan fingerprint density at radius 2 is 1.59 bits per heavy atom. The maximum absolute atomic E-state index is 12.5. The quantitative estimate of drug-likeness (QED) is 0.382. The Bertz CT molecular complexity index is 1230. The zero-order valence-electron chi connectivity index (χ0n) is 17.0. The van der Waals surface area contributed by atoms with Crippen LogP contribution in [0.25, 0.3) is 0 Å². The first-order valence-corrected chi connectivity index (χ1v) is 10.4. The molecule has 2 heterocycles. The number of carbonyl (C=O) groups is 2. The zero-order valence-corrected chi connectivity index (χ0v) is 18.6. The van der Waals surface area contributed by atoms with Gasteiger partial charge in [0.25, 0.3) is 11.8 Å². The first-order valence-electron chi connectivity index (χ1n) is 9.66. The summed E-state index contributed by atoms with van der Waals surface area (Å²) in [4.78, 5) is 24.6. The topological polar surface area (TPSA) is 98.4 Å². The number of amides is 2. The number of rotatable bonds is 7. The Morgan fingerprint density at radius 1 is 0.938 bits per heavy atom. The fourth-order valence-corrected chi connectivity index (χ4v) is 3.09. The molecule has 0 bridgehead atoms. The second kappa shape index (κ2) is 9.52. The minimum absolute atomic E-state index is 0.173. The second-order valence-corrected chi connectivity index (χ2v) is 7.78. The minimum atomic E-state index is -0.384. The van der Waals surface area contributed by atoms with Gasteiger partial charge in [0, 0.05) is 29.1 Å². The lowest BCUT2D eigenvalue weighted by molar-refractivity contribution is 0.0990. The van der Waals surface area contributed by atoms with Crippen LogP contribution in [0, 0.1) is 0 Å². The van der Waals surface area contributed by atoms with Crippen molar-refractivity contribution in [3.8, 4) is 5.75 Å². The number of furan rings is 1. The monoisotopic (exact) mass is 494 g/mol. The Kier molecular flexibility index (Phi) is 6.37. The number of halogens is 1. The van der Waals surface area contributed by atoms with Gasteiger partial charge in [0.05, 0.1) is 0 Å². The van der Waals surface area contributed by atoms with Gasteiger partial charge in [0.2, 0.25) is 0 Å². The molecule has 2 aromatic carbocycles. The number of benzene rings is 2. The summed E-state index contributed by atoms with van der Waals surface area (Å²) in [6.07, 6.45) is 1.69. The third-order valence-electron chi connectivity index (χ3n) is 4.43. The SMILES string of the molecule is Cn1ccc(C(=O)Nc2ccc(NC(=O)c3ccc(COc4ccc(Br)cc4)o3)cc2)n1. The predicted molar refractivity (Wildman–Crippen MR) is 123 cm³/mol. The Balaban J connectivity index is 1.30. The lowest BCUT2D eigenvalue weighted by Gasteiger charge is -2.06. The number of anilines is 2. The minimum Gasteiger partial charge on any atom is -0.486 e. The summed E-state index contributed by atoms with van der Waals surface area (Å²) in [6.45, 7) is 0.208. The van der Waals surface area contributed by atoms with Crippen LogP contribution < -0.4 is 15.4 Å². The van der Waals surface area contributed by atoms with Gasteiger partial charge in [-0.05, 0) is 66.7 Å². The van der Waals surface area contributed by atoms with Crippen molar-refractivity contribution in [2.45, 2.75) is 6.61 Å². The van der Waals surface area contributed by atoms with E-state index >= 15 is 0 Å². The van der Waals surface area contributed by atoms with E-state index in [1.807, 2.05) is 24.3 Å². The first kappa shape index (κ1) is 21.4. The van der Waals surface area contributed by atoms with E-state index in [0.717, 1.165) is 4.47 Å². The van der Waals surface area contributed by atoms with Crippen molar-refractivity contribution < 1.29 is 18.7 Å². The molecule has 8 nitrogen and oxygen atoms in total. The molecule has 0 aliphatic carbocycles. The van der Waals surface area contributed by atoms with Crippen LogP contribution in [0.2, 0.25) is 0 Å². The molecule has 0 atom stereocenters. The molecular weight excluding hydrogens is 476 g/mol. The van der Waals surface area contributed by atoms with Gasteiger partial charge in [0.15, 0.2) is 11.5 Å². The van der Waals surface area contributed by atoms with Crippen LogP contribution in [0.4, 0.5) is 11.4 Å². The maximum Gasteiger partial charge on any atom is 0.291 e. The molecule has 4 aromatic rings. The molecule has 0 saturated heterocycles. The van der Waals surface area contributed by atoms with E-state index in [1.54, 1.807) is 60.4 Å². The molecule has 0 spiro atoms. The van der Waals surface area contributed by atoms with Gasteiger partial charge < -0.3 is 19.8 Å². The Hall–Kier alpha value is -3.85. The van der Waals surface area contributed by atoms with E-state index in [0.29, 0.717) is 28.6 Å². The highest BCUT2D eigenvalue weighted by molar-refractivity contribution is 9.10. The van der Waals surface area contributed by atoms with E-state index in [1.165, 1.54) is 0 Å². The van der Waals surface area contributed by atoms with Gasteiger partial charge >= 0.3 is 0 Å². The van der Waals surface area contributed by atoms with Crippen LogP contribution in [-0.4, -0.2) is 21.6 Å². The smallest absolute Gasteiger partial charge is 0.291 e. The molecule has 0 saturated carbocycles. The molecule has 2 N–H and O–H groups in total. The van der Waals surface area contributed by atoms with Gasteiger partial charge in [-0.1, -0.05) is 15.9 Å². The number of ether oxygens (including phenoxy) is 1. The Morgan fingerprint density at radius 3 is 2.22 bits per heavy atom. The number of aromatic nitrogens is 2. The molecule has 0 aliphatic heterocycles. The van der Waals surface area contributed by atoms with Crippen LogP contribution in [0.5, 0.6) is 5.75 Å². The molecule has 0 radical (unpaired) electrons. The number of aryl methyl sites for hydroxylation is 1. The summed E-state index contributed by atoms with van der Waals surface area (Å²) in [6, 6.07) is 19.1. The molecule has 32 heavy (non-hydrogen) atoms. The van der Waals surface area contributed by atoms with Crippen LogP contribution in [0.1, 0.15) is 26.8 Å². The average molecular weight is 495 g/mol. The third kappa shape index (κ3) is 5.44. The van der Waals surface area contributed by atoms with Crippen LogP contribution >= 0.6 is 15.9 Å². The van der Waals surface area contributed by atoms with E-state index in [-0.39, 0.29) is 24.2 Å². The van der Waals surface area contributed by atoms with E-state index in [9.17, 15) is 9.59 Å². The number of carbonyl (C=O) groups excluding carboxylic acids is 2. The highest BCUT2D eigenvalue weighted by Crippen LogP contribution is 2.19. The molecule has 0 aliphatic rings. The van der Waals surface area contributed by atoms with Crippen molar-refractivity contribution >= 4 is 39.1 Å². The molecule has 4 rings (SSSR count). The van der Waals surface area contributed by atoms with Gasteiger partial charge in [-0.3, -0.25) is 14.3 Å². The third-order valence-corrected chi connectivity index (χ3v) is 4.96. The molecule has 2 amide bonds. The summed E-state index contributed by atoms with van der Waals surface area (Å²) in [5, 5.41) is 9.57. The molecule has 0 unspecified atom stereocenters. The van der Waals surface area contributed by atoms with Gasteiger partial charge in [-0.2, -0.15) is 5.10 Å². The molecular formula is C23H19BrN4O4. The van der Waals surface area contributed by atoms with Crippen LogP contribution in [0.3, 0.4) is 0 Å². The van der Waals surface area contributed by atoms with Crippen molar-refractivity contribution in [2.24, 2.45) is 7.05 Å². The fraction of sp³-hybridized carbons (Fsp3) is 0.0870. The number of nitrogens with zero attached hydrogens (tertiary/aromatic N) is 2. The van der Waals surface area contributed by atoms with Crippen LogP contribution in [0.15, 0.2) is 81.8 Å². The number of hydrogen-bond acceptors (Lipinski definition) is 5. The van der Waals surface area contributed by atoms with E-state index < -0.39 is 0 Å². The largest absolute Gasteiger partial charge is 0.486 e. The van der Waals surface area contributed by atoms with Gasteiger partial charge in [0.1, 0.15) is 18.1 Å². The number of nitrogens with one attached hydrogen (secondary N) is 2.